The largest absolute Gasteiger partial charge is 0.493 e. The molecule has 0 amide bonds. The van der Waals surface area contributed by atoms with Gasteiger partial charge >= 0.3 is 5.97 Å². The minimum absolute atomic E-state index is 0.317. The Morgan fingerprint density at radius 2 is 2.10 bits per heavy atom. The molecule has 0 bridgehead atoms. The fourth-order valence-electron chi connectivity index (χ4n) is 1.74. The number of carboxylic acid groups (broad SMARTS) is 1. The Morgan fingerprint density at radius 3 is 2.81 bits per heavy atom. The summed E-state index contributed by atoms with van der Waals surface area (Å²) in [5.41, 5.74) is 1.62. The predicted molar refractivity (Wildman–Crippen MR) is 78.7 cm³/mol. The molecule has 0 saturated carbocycles. The lowest BCUT2D eigenvalue weighted by Gasteiger charge is -2.11. The van der Waals surface area contributed by atoms with Gasteiger partial charge in [0.2, 0.25) is 5.88 Å². The zero-order valence-corrected chi connectivity index (χ0v) is 11.7. The highest BCUT2D eigenvalue weighted by Crippen LogP contribution is 2.32. The Kier molecular flexibility index (Phi) is 4.56. The Hall–Kier alpha value is -2.82. The third kappa shape index (κ3) is 3.82. The Labute approximate surface area is 122 Å². The molecule has 1 aromatic carbocycles. The standard InChI is InChI=1S/C16H15NO4/c1-11-5-7-13(14(10-11)20-2)21-16-12(4-3-9-17-16)6-8-15(18)19/h3-10H,1-2H3,(H,18,19)/b8-6+. The molecule has 5 nitrogen and oxygen atoms in total. The fourth-order valence-corrected chi connectivity index (χ4v) is 1.74. The number of carboxylic acids is 1. The number of hydrogen-bond acceptors (Lipinski definition) is 4. The molecule has 1 heterocycles. The number of rotatable bonds is 5. The first-order valence-electron chi connectivity index (χ1n) is 6.28. The number of ether oxygens (including phenoxy) is 2. The van der Waals surface area contributed by atoms with E-state index >= 15 is 0 Å². The van der Waals surface area contributed by atoms with Crippen molar-refractivity contribution in [3.8, 4) is 17.4 Å². The van der Waals surface area contributed by atoms with Crippen molar-refractivity contribution >= 4 is 12.0 Å². The summed E-state index contributed by atoms with van der Waals surface area (Å²) < 4.78 is 11.0. The molecule has 0 saturated heterocycles. The van der Waals surface area contributed by atoms with E-state index in [0.29, 0.717) is 22.9 Å². The van der Waals surface area contributed by atoms with Gasteiger partial charge in [0.15, 0.2) is 11.5 Å². The summed E-state index contributed by atoms with van der Waals surface area (Å²) in [6.45, 7) is 1.95. The minimum Gasteiger partial charge on any atom is -0.493 e. The number of benzene rings is 1. The second-order valence-corrected chi connectivity index (χ2v) is 4.33. The molecule has 2 aromatic rings. The molecule has 0 aliphatic heterocycles. The van der Waals surface area contributed by atoms with Gasteiger partial charge in [0.25, 0.3) is 0 Å². The van der Waals surface area contributed by atoms with Crippen LogP contribution in [0, 0.1) is 6.92 Å². The summed E-state index contributed by atoms with van der Waals surface area (Å²) >= 11 is 0. The Bertz CT molecular complexity index is 680. The number of aryl methyl sites for hydroxylation is 1. The van der Waals surface area contributed by atoms with Crippen LogP contribution in [0.4, 0.5) is 0 Å². The van der Waals surface area contributed by atoms with E-state index in [2.05, 4.69) is 4.98 Å². The summed E-state index contributed by atoms with van der Waals surface area (Å²) in [6.07, 6.45) is 4.05. The van der Waals surface area contributed by atoms with Gasteiger partial charge in [0.05, 0.1) is 7.11 Å². The van der Waals surface area contributed by atoms with E-state index in [1.807, 2.05) is 19.1 Å². The smallest absolute Gasteiger partial charge is 0.328 e. The monoisotopic (exact) mass is 285 g/mol. The number of pyridine rings is 1. The second-order valence-electron chi connectivity index (χ2n) is 4.33. The van der Waals surface area contributed by atoms with Crippen molar-refractivity contribution in [3.63, 3.8) is 0 Å². The van der Waals surface area contributed by atoms with Crippen molar-refractivity contribution in [2.75, 3.05) is 7.11 Å². The average Bonchev–Trinajstić information content (AvgIpc) is 2.48. The molecule has 0 spiro atoms. The molecule has 1 aromatic heterocycles. The van der Waals surface area contributed by atoms with Crippen molar-refractivity contribution in [1.82, 2.24) is 4.98 Å². The first kappa shape index (κ1) is 14.6. The molecule has 0 aliphatic rings. The molecule has 0 radical (unpaired) electrons. The normalized spacial score (nSPS) is 10.6. The van der Waals surface area contributed by atoms with Gasteiger partial charge < -0.3 is 14.6 Å². The molecule has 21 heavy (non-hydrogen) atoms. The quantitative estimate of drug-likeness (QED) is 0.854. The van der Waals surface area contributed by atoms with Gasteiger partial charge in [0, 0.05) is 17.8 Å². The number of nitrogens with zero attached hydrogens (tertiary/aromatic N) is 1. The van der Waals surface area contributed by atoms with Crippen LogP contribution in [0.1, 0.15) is 11.1 Å². The SMILES string of the molecule is COc1cc(C)ccc1Oc1ncccc1/C=C/C(=O)O. The van der Waals surface area contributed by atoms with Gasteiger partial charge in [-0.2, -0.15) is 0 Å². The summed E-state index contributed by atoms with van der Waals surface area (Å²) in [5, 5.41) is 8.70. The van der Waals surface area contributed by atoms with E-state index in [1.54, 1.807) is 31.5 Å². The topological polar surface area (TPSA) is 68.7 Å². The van der Waals surface area contributed by atoms with Crippen LogP contribution in [0.15, 0.2) is 42.6 Å². The van der Waals surface area contributed by atoms with E-state index in [9.17, 15) is 4.79 Å². The molecule has 0 atom stereocenters. The molecule has 2 rings (SSSR count). The van der Waals surface area contributed by atoms with Gasteiger partial charge in [-0.1, -0.05) is 6.07 Å². The third-order valence-electron chi connectivity index (χ3n) is 2.73. The van der Waals surface area contributed by atoms with E-state index in [4.69, 9.17) is 14.6 Å². The van der Waals surface area contributed by atoms with Crippen LogP contribution in [0.25, 0.3) is 6.08 Å². The van der Waals surface area contributed by atoms with Crippen molar-refractivity contribution in [1.29, 1.82) is 0 Å². The number of hydrogen-bond donors (Lipinski definition) is 1. The summed E-state index contributed by atoms with van der Waals surface area (Å²) in [6, 6.07) is 8.97. The number of aromatic nitrogens is 1. The second kappa shape index (κ2) is 6.56. The van der Waals surface area contributed by atoms with E-state index in [1.165, 1.54) is 6.08 Å². The maximum Gasteiger partial charge on any atom is 0.328 e. The highest BCUT2D eigenvalue weighted by molar-refractivity contribution is 5.85. The van der Waals surface area contributed by atoms with Gasteiger partial charge in [-0.15, -0.1) is 0 Å². The lowest BCUT2D eigenvalue weighted by molar-refractivity contribution is -0.131. The van der Waals surface area contributed by atoms with Crippen LogP contribution >= 0.6 is 0 Å². The Morgan fingerprint density at radius 1 is 1.29 bits per heavy atom. The number of methoxy groups -OCH3 is 1. The number of carbonyl (C=O) groups is 1. The van der Waals surface area contributed by atoms with Crippen LogP contribution in [-0.4, -0.2) is 23.2 Å². The van der Waals surface area contributed by atoms with E-state index in [-0.39, 0.29) is 0 Å². The third-order valence-corrected chi connectivity index (χ3v) is 2.73. The van der Waals surface area contributed by atoms with Crippen molar-refractivity contribution in [2.24, 2.45) is 0 Å². The zero-order chi connectivity index (χ0) is 15.2. The maximum atomic E-state index is 10.6. The molecule has 108 valence electrons. The van der Waals surface area contributed by atoms with Gasteiger partial charge in [-0.3, -0.25) is 0 Å². The van der Waals surface area contributed by atoms with Crippen LogP contribution < -0.4 is 9.47 Å². The molecular formula is C16H15NO4. The molecule has 0 unspecified atom stereocenters. The van der Waals surface area contributed by atoms with Gasteiger partial charge in [0.1, 0.15) is 0 Å². The molecule has 0 aliphatic carbocycles. The lowest BCUT2D eigenvalue weighted by atomic mass is 10.2. The van der Waals surface area contributed by atoms with Crippen molar-refractivity contribution in [2.45, 2.75) is 6.92 Å². The van der Waals surface area contributed by atoms with Crippen molar-refractivity contribution < 1.29 is 19.4 Å². The predicted octanol–water partition coefficient (Wildman–Crippen LogP) is 3.29. The maximum absolute atomic E-state index is 10.6. The highest BCUT2D eigenvalue weighted by Gasteiger charge is 2.09. The Balaban J connectivity index is 2.34. The minimum atomic E-state index is -1.03. The van der Waals surface area contributed by atoms with Crippen LogP contribution in [-0.2, 0) is 4.79 Å². The summed E-state index contributed by atoms with van der Waals surface area (Å²) in [4.78, 5) is 14.7. The zero-order valence-electron chi connectivity index (χ0n) is 11.7. The summed E-state index contributed by atoms with van der Waals surface area (Å²) in [5.74, 6) is 0.399. The van der Waals surface area contributed by atoms with Crippen LogP contribution in [0.3, 0.4) is 0 Å². The molecule has 1 N–H and O–H groups in total. The highest BCUT2D eigenvalue weighted by atomic mass is 16.5. The fraction of sp³-hybridized carbons (Fsp3) is 0.125. The molecule has 0 fully saturated rings. The van der Waals surface area contributed by atoms with E-state index < -0.39 is 5.97 Å². The molecule has 5 heteroatoms. The van der Waals surface area contributed by atoms with E-state index in [0.717, 1.165) is 11.6 Å². The van der Waals surface area contributed by atoms with Crippen molar-refractivity contribution in [3.05, 3.63) is 53.7 Å². The van der Waals surface area contributed by atoms with Crippen LogP contribution in [0.5, 0.6) is 17.4 Å². The van der Waals surface area contributed by atoms with Gasteiger partial charge in [-0.25, -0.2) is 9.78 Å². The summed E-state index contributed by atoms with van der Waals surface area (Å²) in [7, 11) is 1.56. The molecular weight excluding hydrogens is 270 g/mol. The number of aliphatic carboxylic acids is 1. The first-order valence-corrected chi connectivity index (χ1v) is 6.28. The van der Waals surface area contributed by atoms with Crippen LogP contribution in [0.2, 0.25) is 0 Å². The van der Waals surface area contributed by atoms with Gasteiger partial charge in [-0.05, 0) is 42.8 Å². The first-order chi connectivity index (χ1) is 10.1. The lowest BCUT2D eigenvalue weighted by Crippen LogP contribution is -1.95. The average molecular weight is 285 g/mol.